The molecule has 0 radical (unpaired) electrons. The Bertz CT molecular complexity index is 425. The second-order valence-corrected chi connectivity index (χ2v) is 6.56. The average molecular weight is 264 g/mol. The zero-order valence-electron chi connectivity index (χ0n) is 10.9. The predicted molar refractivity (Wildman–Crippen MR) is 73.3 cm³/mol. The molecule has 1 aliphatic carbocycles. The van der Waals surface area contributed by atoms with Crippen LogP contribution in [0.2, 0.25) is 0 Å². The zero-order valence-corrected chi connectivity index (χ0v) is 11.7. The first-order chi connectivity index (χ1) is 8.66. The maximum Gasteiger partial charge on any atom is 0.241 e. The predicted octanol–water partition coefficient (Wildman–Crippen LogP) is 2.61. The second-order valence-electron chi connectivity index (χ2n) is 5.78. The molecule has 1 aromatic rings. The number of carbonyl (C=O) groups is 1. The fourth-order valence-electron chi connectivity index (χ4n) is 2.60. The van der Waals surface area contributed by atoms with Crippen LogP contribution in [0.5, 0.6) is 0 Å². The van der Waals surface area contributed by atoms with Gasteiger partial charge in [-0.05, 0) is 47.1 Å². The van der Waals surface area contributed by atoms with Gasteiger partial charge in [0.1, 0.15) is 6.17 Å². The first-order valence-electron chi connectivity index (χ1n) is 6.75. The standard InChI is InChI=1S/C14H20N2OS/c1-9(2)12-14(17)16(7-10-3-4-10)13(15-12)11-5-6-18-8-11/h5-6,8-10,12-13,15H,3-4,7H2,1-2H3. The summed E-state index contributed by atoms with van der Waals surface area (Å²) in [6, 6.07) is 2.10. The van der Waals surface area contributed by atoms with Crippen LogP contribution >= 0.6 is 11.3 Å². The lowest BCUT2D eigenvalue weighted by Gasteiger charge is -2.23. The number of nitrogens with zero attached hydrogens (tertiary/aromatic N) is 1. The Morgan fingerprint density at radius 3 is 2.83 bits per heavy atom. The third-order valence-electron chi connectivity index (χ3n) is 3.88. The molecule has 1 amide bonds. The first kappa shape index (κ1) is 12.2. The van der Waals surface area contributed by atoms with Gasteiger partial charge in [-0.15, -0.1) is 0 Å². The quantitative estimate of drug-likeness (QED) is 0.906. The summed E-state index contributed by atoms with van der Waals surface area (Å²) in [7, 11) is 0. The molecule has 3 rings (SSSR count). The van der Waals surface area contributed by atoms with E-state index < -0.39 is 0 Å². The lowest BCUT2D eigenvalue weighted by atomic mass is 10.1. The minimum absolute atomic E-state index is 0.0198. The number of nitrogens with one attached hydrogen (secondary N) is 1. The highest BCUT2D eigenvalue weighted by atomic mass is 32.1. The number of thiophene rings is 1. The molecule has 0 spiro atoms. The first-order valence-corrected chi connectivity index (χ1v) is 7.69. The molecule has 98 valence electrons. The van der Waals surface area contributed by atoms with Crippen LogP contribution in [-0.2, 0) is 4.79 Å². The van der Waals surface area contributed by atoms with E-state index in [1.54, 1.807) is 11.3 Å². The van der Waals surface area contributed by atoms with Crippen LogP contribution in [0, 0.1) is 11.8 Å². The van der Waals surface area contributed by atoms with E-state index in [2.05, 4.69) is 40.9 Å². The highest BCUT2D eigenvalue weighted by molar-refractivity contribution is 7.07. The Morgan fingerprint density at radius 1 is 1.50 bits per heavy atom. The largest absolute Gasteiger partial charge is 0.321 e. The van der Waals surface area contributed by atoms with E-state index in [0.717, 1.165) is 12.5 Å². The van der Waals surface area contributed by atoms with Crippen LogP contribution in [0.4, 0.5) is 0 Å². The molecule has 1 saturated carbocycles. The number of rotatable bonds is 4. The van der Waals surface area contributed by atoms with Crippen molar-refractivity contribution in [1.29, 1.82) is 0 Å². The molecule has 18 heavy (non-hydrogen) atoms. The van der Waals surface area contributed by atoms with Gasteiger partial charge in [-0.3, -0.25) is 10.1 Å². The van der Waals surface area contributed by atoms with Gasteiger partial charge < -0.3 is 4.90 Å². The normalized spacial score (nSPS) is 28.4. The van der Waals surface area contributed by atoms with E-state index in [4.69, 9.17) is 0 Å². The molecule has 1 N–H and O–H groups in total. The van der Waals surface area contributed by atoms with Crippen LogP contribution in [0.3, 0.4) is 0 Å². The monoisotopic (exact) mass is 264 g/mol. The molecular formula is C14H20N2OS. The average Bonchev–Trinajstić information content (AvgIpc) is 2.86. The topological polar surface area (TPSA) is 32.3 Å². The highest BCUT2D eigenvalue weighted by Gasteiger charge is 2.42. The summed E-state index contributed by atoms with van der Waals surface area (Å²) in [6.45, 7) is 5.15. The zero-order chi connectivity index (χ0) is 12.7. The summed E-state index contributed by atoms with van der Waals surface area (Å²) < 4.78 is 0. The summed E-state index contributed by atoms with van der Waals surface area (Å²) in [5.74, 6) is 1.37. The summed E-state index contributed by atoms with van der Waals surface area (Å²) >= 11 is 1.70. The van der Waals surface area contributed by atoms with Gasteiger partial charge in [-0.2, -0.15) is 11.3 Å². The minimum Gasteiger partial charge on any atom is -0.321 e. The SMILES string of the molecule is CC(C)C1NC(c2ccsc2)N(CC2CC2)C1=O. The third-order valence-corrected chi connectivity index (χ3v) is 4.58. The second kappa shape index (κ2) is 4.67. The van der Waals surface area contributed by atoms with Gasteiger partial charge in [0, 0.05) is 6.54 Å². The lowest BCUT2D eigenvalue weighted by molar-refractivity contribution is -0.131. The molecule has 1 aromatic heterocycles. The summed E-state index contributed by atoms with van der Waals surface area (Å²) in [5.41, 5.74) is 1.23. The van der Waals surface area contributed by atoms with Crippen LogP contribution in [-0.4, -0.2) is 23.4 Å². The minimum atomic E-state index is -0.0198. The molecule has 2 atom stereocenters. The number of hydrogen-bond acceptors (Lipinski definition) is 3. The van der Waals surface area contributed by atoms with Crippen molar-refractivity contribution < 1.29 is 4.79 Å². The van der Waals surface area contributed by atoms with E-state index in [-0.39, 0.29) is 18.1 Å². The van der Waals surface area contributed by atoms with E-state index >= 15 is 0 Å². The van der Waals surface area contributed by atoms with Crippen molar-refractivity contribution in [2.45, 2.75) is 38.9 Å². The molecule has 4 heteroatoms. The van der Waals surface area contributed by atoms with E-state index in [1.807, 2.05) is 0 Å². The smallest absolute Gasteiger partial charge is 0.241 e. The van der Waals surface area contributed by atoms with Crippen molar-refractivity contribution in [1.82, 2.24) is 10.2 Å². The van der Waals surface area contributed by atoms with Crippen molar-refractivity contribution in [2.75, 3.05) is 6.54 Å². The van der Waals surface area contributed by atoms with Gasteiger partial charge in [0.25, 0.3) is 0 Å². The Morgan fingerprint density at radius 2 is 2.28 bits per heavy atom. The maximum absolute atomic E-state index is 12.5. The van der Waals surface area contributed by atoms with Gasteiger partial charge in [0.15, 0.2) is 0 Å². The lowest BCUT2D eigenvalue weighted by Crippen LogP contribution is -2.35. The van der Waals surface area contributed by atoms with Gasteiger partial charge in [0.2, 0.25) is 5.91 Å². The van der Waals surface area contributed by atoms with Gasteiger partial charge in [-0.25, -0.2) is 0 Å². The van der Waals surface area contributed by atoms with E-state index in [1.165, 1.54) is 18.4 Å². The van der Waals surface area contributed by atoms with E-state index in [9.17, 15) is 4.79 Å². The molecule has 1 saturated heterocycles. The van der Waals surface area contributed by atoms with Crippen LogP contribution < -0.4 is 5.32 Å². The van der Waals surface area contributed by atoms with Gasteiger partial charge in [0.05, 0.1) is 6.04 Å². The molecule has 0 aromatic carbocycles. The molecular weight excluding hydrogens is 244 g/mol. The molecule has 2 heterocycles. The van der Waals surface area contributed by atoms with Gasteiger partial charge >= 0.3 is 0 Å². The van der Waals surface area contributed by atoms with Crippen LogP contribution in [0.15, 0.2) is 16.8 Å². The number of hydrogen-bond donors (Lipinski definition) is 1. The van der Waals surface area contributed by atoms with Crippen LogP contribution in [0.1, 0.15) is 38.4 Å². The summed E-state index contributed by atoms with van der Waals surface area (Å²) in [4.78, 5) is 14.5. The van der Waals surface area contributed by atoms with E-state index in [0.29, 0.717) is 5.92 Å². The fraction of sp³-hybridized carbons (Fsp3) is 0.643. The van der Waals surface area contributed by atoms with Crippen molar-refractivity contribution in [3.8, 4) is 0 Å². The Balaban J connectivity index is 1.83. The molecule has 2 aliphatic rings. The molecule has 1 aliphatic heterocycles. The molecule has 2 unspecified atom stereocenters. The Labute approximate surface area is 112 Å². The fourth-order valence-corrected chi connectivity index (χ4v) is 3.27. The van der Waals surface area contributed by atoms with Gasteiger partial charge in [-0.1, -0.05) is 13.8 Å². The van der Waals surface area contributed by atoms with Crippen molar-refractivity contribution >= 4 is 17.2 Å². The maximum atomic E-state index is 12.5. The molecule has 3 nitrogen and oxygen atoms in total. The van der Waals surface area contributed by atoms with Crippen molar-refractivity contribution in [3.05, 3.63) is 22.4 Å². The summed E-state index contributed by atoms with van der Waals surface area (Å²) in [5, 5.41) is 7.74. The Kier molecular flexibility index (Phi) is 3.16. The highest BCUT2D eigenvalue weighted by Crippen LogP contribution is 2.36. The Hall–Kier alpha value is -0.870. The van der Waals surface area contributed by atoms with Crippen molar-refractivity contribution in [2.24, 2.45) is 11.8 Å². The van der Waals surface area contributed by atoms with Crippen LogP contribution in [0.25, 0.3) is 0 Å². The summed E-state index contributed by atoms with van der Waals surface area (Å²) in [6.07, 6.45) is 2.66. The molecule has 2 fully saturated rings. The van der Waals surface area contributed by atoms with Crippen molar-refractivity contribution in [3.63, 3.8) is 0 Å². The number of amides is 1. The number of carbonyl (C=O) groups excluding carboxylic acids is 1. The molecule has 0 bridgehead atoms. The third kappa shape index (κ3) is 2.19.